The van der Waals surface area contributed by atoms with Crippen LogP contribution < -0.4 is 5.32 Å². The number of hydrogen-bond donors (Lipinski definition) is 4. The Morgan fingerprint density at radius 3 is 1.02 bits per heavy atom. The molecule has 0 aliphatic heterocycles. The fourth-order valence-corrected chi connectivity index (χ4v) is 8.57. The maximum atomic E-state index is 12.5. The van der Waals surface area contributed by atoms with Crippen LogP contribution in [-0.4, -0.2) is 46.1 Å². The van der Waals surface area contributed by atoms with Gasteiger partial charge in [0.05, 0.1) is 31.3 Å². The van der Waals surface area contributed by atoms with E-state index in [1.807, 2.05) is 6.08 Å². The van der Waals surface area contributed by atoms with E-state index >= 15 is 0 Å². The van der Waals surface area contributed by atoms with Gasteiger partial charge in [-0.05, 0) is 44.9 Å². The highest BCUT2D eigenvalue weighted by molar-refractivity contribution is 5.76. The molecule has 0 bridgehead atoms. The number of carbonyl (C=O) groups is 1. The summed E-state index contributed by atoms with van der Waals surface area (Å²) >= 11 is 0. The van der Waals surface area contributed by atoms with E-state index in [4.69, 9.17) is 0 Å². The third kappa shape index (κ3) is 46.3. The van der Waals surface area contributed by atoms with Crippen LogP contribution in [0.1, 0.15) is 296 Å². The lowest BCUT2D eigenvalue weighted by Crippen LogP contribution is -2.45. The van der Waals surface area contributed by atoms with Gasteiger partial charge < -0.3 is 20.6 Å². The van der Waals surface area contributed by atoms with Crippen LogP contribution in [0.25, 0.3) is 0 Å². The molecule has 0 aliphatic rings. The van der Waals surface area contributed by atoms with Gasteiger partial charge in [0.25, 0.3) is 0 Å². The molecule has 0 saturated carbocycles. The molecule has 60 heavy (non-hydrogen) atoms. The molecule has 0 spiro atoms. The second kappa shape index (κ2) is 50.5. The molecule has 0 aromatic heterocycles. The summed E-state index contributed by atoms with van der Waals surface area (Å²) in [6.07, 6.45) is 63.6. The summed E-state index contributed by atoms with van der Waals surface area (Å²) in [5.74, 6) is -0.312. The van der Waals surface area contributed by atoms with Crippen molar-refractivity contribution in [2.45, 2.75) is 315 Å². The first-order chi connectivity index (χ1) is 29.5. The van der Waals surface area contributed by atoms with Gasteiger partial charge in [0.1, 0.15) is 0 Å². The number of amides is 1. The van der Waals surface area contributed by atoms with Gasteiger partial charge in [0.2, 0.25) is 5.91 Å². The van der Waals surface area contributed by atoms with E-state index in [0.717, 1.165) is 25.7 Å². The zero-order valence-electron chi connectivity index (χ0n) is 40.6. The summed E-state index contributed by atoms with van der Waals surface area (Å²) in [5, 5.41) is 33.4. The van der Waals surface area contributed by atoms with E-state index in [1.54, 1.807) is 6.08 Å². The molecular formula is C55H107NO4. The molecule has 356 valence electrons. The van der Waals surface area contributed by atoms with Crippen molar-refractivity contribution in [1.29, 1.82) is 0 Å². The summed E-state index contributed by atoms with van der Waals surface area (Å²) in [5.41, 5.74) is 0. The number of carbonyl (C=O) groups excluding carboxylic acids is 1. The maximum Gasteiger partial charge on any atom is 0.222 e. The number of allylic oxidation sites excluding steroid dienone is 3. The van der Waals surface area contributed by atoms with Gasteiger partial charge in [-0.3, -0.25) is 4.79 Å². The minimum absolute atomic E-state index is 0.0161. The molecule has 5 nitrogen and oxygen atoms in total. The molecule has 1 amide bonds. The number of aliphatic hydroxyl groups excluding tert-OH is 3. The fraction of sp³-hybridized carbons (Fsp3) is 0.909. The van der Waals surface area contributed by atoms with Crippen molar-refractivity contribution in [2.24, 2.45) is 0 Å². The predicted octanol–water partition coefficient (Wildman–Crippen LogP) is 16.5. The topological polar surface area (TPSA) is 89.8 Å². The average Bonchev–Trinajstić information content (AvgIpc) is 3.24. The van der Waals surface area contributed by atoms with E-state index in [-0.39, 0.29) is 18.9 Å². The van der Waals surface area contributed by atoms with E-state index in [0.29, 0.717) is 6.42 Å². The second-order valence-electron chi connectivity index (χ2n) is 18.8. The first-order valence-electron chi connectivity index (χ1n) is 27.1. The minimum atomic E-state index is -0.927. The highest BCUT2D eigenvalue weighted by Gasteiger charge is 2.20. The monoisotopic (exact) mass is 846 g/mol. The molecule has 5 heteroatoms. The van der Waals surface area contributed by atoms with E-state index < -0.39 is 18.2 Å². The molecule has 0 aromatic rings. The highest BCUT2D eigenvalue weighted by Crippen LogP contribution is 2.17. The van der Waals surface area contributed by atoms with Crippen LogP contribution in [0.4, 0.5) is 0 Å². The molecule has 0 aliphatic carbocycles. The van der Waals surface area contributed by atoms with Crippen molar-refractivity contribution < 1.29 is 20.1 Å². The van der Waals surface area contributed by atoms with Gasteiger partial charge in [-0.2, -0.15) is 0 Å². The second-order valence-corrected chi connectivity index (χ2v) is 18.8. The molecule has 0 saturated heterocycles. The third-order valence-corrected chi connectivity index (χ3v) is 12.7. The lowest BCUT2D eigenvalue weighted by Gasteiger charge is -2.21. The summed E-state index contributed by atoms with van der Waals surface area (Å²) in [6, 6.07) is -0.743. The Labute approximate surface area is 375 Å². The smallest absolute Gasteiger partial charge is 0.222 e. The summed E-state index contributed by atoms with van der Waals surface area (Å²) in [4.78, 5) is 12.5. The van der Waals surface area contributed by atoms with Crippen LogP contribution in [0.2, 0.25) is 0 Å². The van der Waals surface area contributed by atoms with Crippen molar-refractivity contribution in [3.63, 3.8) is 0 Å². The molecule has 4 N–H and O–H groups in total. The van der Waals surface area contributed by atoms with Crippen LogP contribution in [0, 0.1) is 0 Å². The maximum absolute atomic E-state index is 12.5. The lowest BCUT2D eigenvalue weighted by molar-refractivity contribution is -0.124. The van der Waals surface area contributed by atoms with Crippen molar-refractivity contribution in [3.8, 4) is 0 Å². The van der Waals surface area contributed by atoms with Crippen molar-refractivity contribution in [3.05, 3.63) is 24.3 Å². The Kier molecular flexibility index (Phi) is 49.5. The lowest BCUT2D eigenvalue weighted by atomic mass is 10.0. The highest BCUT2D eigenvalue weighted by atomic mass is 16.3. The average molecular weight is 846 g/mol. The zero-order valence-corrected chi connectivity index (χ0v) is 40.6. The zero-order chi connectivity index (χ0) is 43.7. The van der Waals surface area contributed by atoms with Crippen LogP contribution in [-0.2, 0) is 4.79 Å². The third-order valence-electron chi connectivity index (χ3n) is 12.7. The van der Waals surface area contributed by atoms with Gasteiger partial charge in [0, 0.05) is 0 Å². The Morgan fingerprint density at radius 2 is 0.700 bits per heavy atom. The van der Waals surface area contributed by atoms with Crippen LogP contribution in [0.15, 0.2) is 24.3 Å². The quantitative estimate of drug-likeness (QED) is 0.0363. The number of rotatable bonds is 50. The summed E-state index contributed by atoms with van der Waals surface area (Å²) < 4.78 is 0. The molecule has 0 aromatic carbocycles. The van der Waals surface area contributed by atoms with Gasteiger partial charge in [-0.15, -0.1) is 0 Å². The SMILES string of the molecule is CCCCCCCCCCCCCC/C=C\CCCCCCCCCCCCCCC(O)CC(=O)NC(CO)C(O)/C=C/CCCCCCCCCCCCCCCCC. The predicted molar refractivity (Wildman–Crippen MR) is 264 cm³/mol. The van der Waals surface area contributed by atoms with E-state index in [9.17, 15) is 20.1 Å². The van der Waals surface area contributed by atoms with Gasteiger partial charge in [-0.1, -0.05) is 269 Å². The number of unbranched alkanes of at least 4 members (excludes halogenated alkanes) is 39. The van der Waals surface area contributed by atoms with Crippen molar-refractivity contribution >= 4 is 5.91 Å². The van der Waals surface area contributed by atoms with Crippen molar-refractivity contribution in [1.82, 2.24) is 5.32 Å². The standard InChI is InChI=1S/C55H107NO4/c1-3-5-7-9-11-13-15-17-19-21-22-23-24-25-26-27-28-29-30-31-33-34-36-38-40-42-44-46-48-52(58)50-55(60)56-53(51-57)54(59)49-47-45-43-41-39-37-35-32-20-18-16-14-12-10-8-6-4-2/h25-26,47,49,52-54,57-59H,3-24,27-46,48,50-51H2,1-2H3,(H,56,60)/b26-25-,49-47+. The first kappa shape index (κ1) is 58.8. The number of hydrogen-bond acceptors (Lipinski definition) is 4. The molecule has 0 rings (SSSR count). The molecule has 3 unspecified atom stereocenters. The molecule has 3 atom stereocenters. The van der Waals surface area contributed by atoms with Gasteiger partial charge >= 0.3 is 0 Å². The van der Waals surface area contributed by atoms with E-state index in [1.165, 1.54) is 244 Å². The Morgan fingerprint density at radius 1 is 0.417 bits per heavy atom. The largest absolute Gasteiger partial charge is 0.394 e. The molecule has 0 fully saturated rings. The molecular weight excluding hydrogens is 739 g/mol. The summed E-state index contributed by atoms with van der Waals surface area (Å²) in [6.45, 7) is 4.24. The minimum Gasteiger partial charge on any atom is -0.394 e. The molecule has 0 heterocycles. The summed E-state index contributed by atoms with van der Waals surface area (Å²) in [7, 11) is 0. The first-order valence-corrected chi connectivity index (χ1v) is 27.1. The van der Waals surface area contributed by atoms with Crippen molar-refractivity contribution in [2.75, 3.05) is 6.61 Å². The number of aliphatic hydroxyl groups is 3. The normalized spacial score (nSPS) is 13.5. The van der Waals surface area contributed by atoms with Gasteiger partial charge in [0.15, 0.2) is 0 Å². The molecule has 0 radical (unpaired) electrons. The van der Waals surface area contributed by atoms with Crippen LogP contribution >= 0.6 is 0 Å². The van der Waals surface area contributed by atoms with Crippen LogP contribution in [0.3, 0.4) is 0 Å². The number of nitrogens with one attached hydrogen (secondary N) is 1. The Hall–Kier alpha value is -1.17. The van der Waals surface area contributed by atoms with E-state index in [2.05, 4.69) is 31.3 Å². The van der Waals surface area contributed by atoms with Crippen LogP contribution in [0.5, 0.6) is 0 Å². The Bertz CT molecular complexity index is 890. The fourth-order valence-electron chi connectivity index (χ4n) is 8.57. The van der Waals surface area contributed by atoms with Gasteiger partial charge in [-0.25, -0.2) is 0 Å². The Balaban J connectivity index is 3.55.